The van der Waals surface area contributed by atoms with Crippen LogP contribution < -0.4 is 14.8 Å². The molecule has 26 heavy (non-hydrogen) atoms. The van der Waals surface area contributed by atoms with E-state index in [0.717, 1.165) is 43.0 Å². The summed E-state index contributed by atoms with van der Waals surface area (Å²) in [6.07, 6.45) is 3.40. The summed E-state index contributed by atoms with van der Waals surface area (Å²) in [4.78, 5) is 28.4. The number of piperazine rings is 1. The van der Waals surface area contributed by atoms with Crippen LogP contribution in [0, 0.1) is 0 Å². The zero-order valence-electron chi connectivity index (χ0n) is 14.9. The molecular formula is C19H25N3O4. The van der Waals surface area contributed by atoms with E-state index in [-0.39, 0.29) is 18.6 Å². The third kappa shape index (κ3) is 4.27. The van der Waals surface area contributed by atoms with Crippen molar-refractivity contribution in [3.05, 3.63) is 23.8 Å². The van der Waals surface area contributed by atoms with Gasteiger partial charge in [-0.05, 0) is 37.0 Å². The van der Waals surface area contributed by atoms with E-state index in [4.69, 9.17) is 9.47 Å². The predicted molar refractivity (Wildman–Crippen MR) is 95.1 cm³/mol. The number of benzene rings is 1. The van der Waals surface area contributed by atoms with Crippen molar-refractivity contribution in [1.82, 2.24) is 15.1 Å². The standard InChI is InChI=1S/C19H25N3O4/c23-18(20-15-3-4-15)12-21-7-9-22(10-8-21)19(24)6-2-14-1-5-16-17(11-14)26-13-25-16/h1,5,11,15H,2-4,6-10,12-13H2,(H,20,23). The van der Waals surface area contributed by atoms with Gasteiger partial charge < -0.3 is 19.7 Å². The zero-order chi connectivity index (χ0) is 17.9. The molecule has 0 aromatic heterocycles. The SMILES string of the molecule is O=C(CN1CCN(C(=O)CCc2ccc3c(c2)OCO3)CC1)NC1CC1. The maximum atomic E-state index is 12.5. The molecule has 7 heteroatoms. The molecule has 140 valence electrons. The minimum atomic E-state index is 0.107. The van der Waals surface area contributed by atoms with Crippen LogP contribution in [-0.2, 0) is 16.0 Å². The summed E-state index contributed by atoms with van der Waals surface area (Å²) in [5.74, 6) is 1.80. The van der Waals surface area contributed by atoms with Crippen LogP contribution in [0.2, 0.25) is 0 Å². The lowest BCUT2D eigenvalue weighted by molar-refractivity contribution is -0.133. The largest absolute Gasteiger partial charge is 0.454 e. The lowest BCUT2D eigenvalue weighted by atomic mass is 10.1. The van der Waals surface area contributed by atoms with Crippen LogP contribution in [0.15, 0.2) is 18.2 Å². The van der Waals surface area contributed by atoms with Crippen LogP contribution in [0.1, 0.15) is 24.8 Å². The second-order valence-electron chi connectivity index (χ2n) is 7.19. The number of fused-ring (bicyclic) bond motifs is 1. The van der Waals surface area contributed by atoms with E-state index < -0.39 is 0 Å². The fraction of sp³-hybridized carbons (Fsp3) is 0.579. The van der Waals surface area contributed by atoms with E-state index in [1.165, 1.54) is 0 Å². The monoisotopic (exact) mass is 359 g/mol. The molecule has 0 radical (unpaired) electrons. The molecule has 1 N–H and O–H groups in total. The van der Waals surface area contributed by atoms with E-state index in [1.807, 2.05) is 23.1 Å². The fourth-order valence-electron chi connectivity index (χ4n) is 3.37. The molecule has 2 fully saturated rings. The predicted octanol–water partition coefficient (Wildman–Crippen LogP) is 0.771. The quantitative estimate of drug-likeness (QED) is 0.812. The first kappa shape index (κ1) is 17.1. The molecule has 1 saturated carbocycles. The van der Waals surface area contributed by atoms with Gasteiger partial charge in [0.2, 0.25) is 18.6 Å². The molecule has 1 aromatic carbocycles. The van der Waals surface area contributed by atoms with Crippen LogP contribution in [-0.4, -0.2) is 67.2 Å². The van der Waals surface area contributed by atoms with E-state index in [1.54, 1.807) is 0 Å². The van der Waals surface area contributed by atoms with Crippen molar-refractivity contribution in [2.24, 2.45) is 0 Å². The highest BCUT2D eigenvalue weighted by Crippen LogP contribution is 2.32. The van der Waals surface area contributed by atoms with Crippen molar-refractivity contribution in [3.8, 4) is 11.5 Å². The molecule has 0 atom stereocenters. The summed E-state index contributed by atoms with van der Waals surface area (Å²) in [5, 5.41) is 3.01. The van der Waals surface area contributed by atoms with E-state index in [0.29, 0.717) is 38.5 Å². The van der Waals surface area contributed by atoms with E-state index in [2.05, 4.69) is 10.2 Å². The Morgan fingerprint density at radius 3 is 2.62 bits per heavy atom. The fourth-order valence-corrected chi connectivity index (χ4v) is 3.37. The number of amides is 2. The molecule has 1 aromatic rings. The van der Waals surface area contributed by atoms with Crippen molar-refractivity contribution in [2.45, 2.75) is 31.7 Å². The highest BCUT2D eigenvalue weighted by atomic mass is 16.7. The topological polar surface area (TPSA) is 71.1 Å². The Morgan fingerprint density at radius 2 is 1.85 bits per heavy atom. The minimum absolute atomic E-state index is 0.107. The maximum absolute atomic E-state index is 12.5. The van der Waals surface area contributed by atoms with Gasteiger partial charge in [-0.1, -0.05) is 6.07 Å². The van der Waals surface area contributed by atoms with Crippen molar-refractivity contribution in [2.75, 3.05) is 39.5 Å². The second kappa shape index (κ2) is 7.53. The number of hydrogen-bond acceptors (Lipinski definition) is 5. The molecule has 2 heterocycles. The number of rotatable bonds is 6. The number of aryl methyl sites for hydroxylation is 1. The van der Waals surface area contributed by atoms with Crippen molar-refractivity contribution in [1.29, 1.82) is 0 Å². The molecule has 2 aliphatic heterocycles. The Balaban J connectivity index is 1.19. The van der Waals surface area contributed by atoms with Crippen LogP contribution in [0.25, 0.3) is 0 Å². The first-order valence-electron chi connectivity index (χ1n) is 9.35. The van der Waals surface area contributed by atoms with Gasteiger partial charge in [0.1, 0.15) is 0 Å². The summed E-state index contributed by atoms with van der Waals surface area (Å²) >= 11 is 0. The number of carbonyl (C=O) groups is 2. The van der Waals surface area contributed by atoms with Crippen molar-refractivity contribution in [3.63, 3.8) is 0 Å². The van der Waals surface area contributed by atoms with Gasteiger partial charge in [0.25, 0.3) is 0 Å². The molecule has 7 nitrogen and oxygen atoms in total. The summed E-state index contributed by atoms with van der Waals surface area (Å²) in [6.45, 7) is 3.60. The van der Waals surface area contributed by atoms with Gasteiger partial charge >= 0.3 is 0 Å². The molecule has 3 aliphatic rings. The summed E-state index contributed by atoms with van der Waals surface area (Å²) < 4.78 is 10.7. The third-order valence-electron chi connectivity index (χ3n) is 5.10. The van der Waals surface area contributed by atoms with Crippen LogP contribution in [0.5, 0.6) is 11.5 Å². The third-order valence-corrected chi connectivity index (χ3v) is 5.10. The Morgan fingerprint density at radius 1 is 1.08 bits per heavy atom. The normalized spacial score (nSPS) is 19.5. The Hall–Kier alpha value is -2.28. The molecule has 0 spiro atoms. The van der Waals surface area contributed by atoms with Crippen molar-refractivity contribution < 1.29 is 19.1 Å². The van der Waals surface area contributed by atoms with Gasteiger partial charge in [0, 0.05) is 38.6 Å². The summed E-state index contributed by atoms with van der Waals surface area (Å²) in [5.41, 5.74) is 1.08. The number of nitrogens with zero attached hydrogens (tertiary/aromatic N) is 2. The van der Waals surface area contributed by atoms with Crippen molar-refractivity contribution >= 4 is 11.8 Å². The van der Waals surface area contributed by atoms with E-state index in [9.17, 15) is 9.59 Å². The molecule has 0 unspecified atom stereocenters. The molecule has 0 bridgehead atoms. The summed E-state index contributed by atoms with van der Waals surface area (Å²) in [7, 11) is 0. The average Bonchev–Trinajstić information content (AvgIpc) is 3.33. The molecule has 2 amide bonds. The number of carbonyl (C=O) groups excluding carboxylic acids is 2. The highest BCUT2D eigenvalue weighted by Gasteiger charge is 2.26. The molecule has 4 rings (SSSR count). The molecular weight excluding hydrogens is 334 g/mol. The molecule has 1 saturated heterocycles. The van der Waals surface area contributed by atoms with Gasteiger partial charge in [0.05, 0.1) is 6.54 Å². The lowest BCUT2D eigenvalue weighted by Crippen LogP contribution is -2.51. The Bertz CT molecular complexity index is 681. The van der Waals surface area contributed by atoms with Gasteiger partial charge in [-0.25, -0.2) is 0 Å². The van der Waals surface area contributed by atoms with E-state index >= 15 is 0 Å². The lowest BCUT2D eigenvalue weighted by Gasteiger charge is -2.34. The Labute approximate surface area is 153 Å². The molecule has 1 aliphatic carbocycles. The highest BCUT2D eigenvalue weighted by molar-refractivity contribution is 5.79. The zero-order valence-corrected chi connectivity index (χ0v) is 14.9. The minimum Gasteiger partial charge on any atom is -0.454 e. The Kier molecular flexibility index (Phi) is 4.97. The van der Waals surface area contributed by atoms with Gasteiger partial charge in [-0.15, -0.1) is 0 Å². The summed E-state index contributed by atoms with van der Waals surface area (Å²) in [6, 6.07) is 6.23. The van der Waals surface area contributed by atoms with Gasteiger partial charge in [-0.2, -0.15) is 0 Å². The average molecular weight is 359 g/mol. The maximum Gasteiger partial charge on any atom is 0.234 e. The number of ether oxygens (including phenoxy) is 2. The smallest absolute Gasteiger partial charge is 0.234 e. The van der Waals surface area contributed by atoms with Crippen LogP contribution in [0.3, 0.4) is 0 Å². The first-order valence-corrected chi connectivity index (χ1v) is 9.35. The second-order valence-corrected chi connectivity index (χ2v) is 7.19. The number of hydrogen-bond donors (Lipinski definition) is 1. The van der Waals surface area contributed by atoms with Crippen LogP contribution >= 0.6 is 0 Å². The van der Waals surface area contributed by atoms with Crippen LogP contribution in [0.4, 0.5) is 0 Å². The van der Waals surface area contributed by atoms with Gasteiger partial charge in [0.15, 0.2) is 11.5 Å². The number of nitrogens with one attached hydrogen (secondary N) is 1. The first-order chi connectivity index (χ1) is 12.7. The van der Waals surface area contributed by atoms with Gasteiger partial charge in [-0.3, -0.25) is 14.5 Å².